The maximum atomic E-state index is 11.9. The van der Waals surface area contributed by atoms with Crippen molar-refractivity contribution in [2.24, 2.45) is 0 Å². The topological polar surface area (TPSA) is 83.5 Å². The van der Waals surface area contributed by atoms with Crippen molar-refractivity contribution in [2.75, 3.05) is 18.6 Å². The van der Waals surface area contributed by atoms with Crippen LogP contribution in [0.25, 0.3) is 10.8 Å². The van der Waals surface area contributed by atoms with Crippen LogP contribution in [0, 0.1) is 0 Å². The van der Waals surface area contributed by atoms with Crippen LogP contribution in [0.5, 0.6) is 5.75 Å². The lowest BCUT2D eigenvalue weighted by atomic mass is 10.0. The van der Waals surface area contributed by atoms with Gasteiger partial charge in [0, 0.05) is 18.2 Å². The monoisotopic (exact) mass is 293 g/mol. The lowest BCUT2D eigenvalue weighted by Gasteiger charge is -2.08. The number of phenols is 1. The molecular weight excluding hydrogens is 278 g/mol. The van der Waals surface area contributed by atoms with E-state index in [9.17, 15) is 18.3 Å². The van der Waals surface area contributed by atoms with E-state index in [0.29, 0.717) is 5.39 Å². The molecule has 0 aromatic heterocycles. The van der Waals surface area contributed by atoms with Crippen LogP contribution in [0.15, 0.2) is 36.4 Å². The van der Waals surface area contributed by atoms with E-state index in [1.54, 1.807) is 18.2 Å². The third-order valence-electron chi connectivity index (χ3n) is 2.90. The standard InChI is InChI=1S/C14H15NO4S/c1-20(18,19)9-8-15-14(17)12-7-6-10-4-2-3-5-11(10)13(12)16/h2-7,16H,8-9H2,1H3,(H,15,17). The molecule has 0 bridgehead atoms. The fourth-order valence-electron chi connectivity index (χ4n) is 1.88. The average molecular weight is 293 g/mol. The third-order valence-corrected chi connectivity index (χ3v) is 3.85. The first-order valence-electron chi connectivity index (χ1n) is 6.05. The minimum absolute atomic E-state index is 0.0178. The van der Waals surface area contributed by atoms with Gasteiger partial charge in [-0.3, -0.25) is 4.79 Å². The predicted molar refractivity (Wildman–Crippen MR) is 77.7 cm³/mol. The van der Waals surface area contributed by atoms with Gasteiger partial charge in [-0.2, -0.15) is 0 Å². The van der Waals surface area contributed by atoms with Crippen molar-refractivity contribution in [3.63, 3.8) is 0 Å². The summed E-state index contributed by atoms with van der Waals surface area (Å²) in [4.78, 5) is 11.9. The Hall–Kier alpha value is -2.08. The molecule has 20 heavy (non-hydrogen) atoms. The van der Waals surface area contributed by atoms with E-state index in [1.807, 2.05) is 12.1 Å². The molecule has 0 fully saturated rings. The lowest BCUT2D eigenvalue weighted by molar-refractivity contribution is 0.0954. The summed E-state index contributed by atoms with van der Waals surface area (Å²) in [6.45, 7) is 0.0178. The SMILES string of the molecule is CS(=O)(=O)CCNC(=O)c1ccc2ccccc2c1O. The van der Waals surface area contributed by atoms with Crippen molar-refractivity contribution < 1.29 is 18.3 Å². The molecule has 0 saturated heterocycles. The van der Waals surface area contributed by atoms with E-state index in [4.69, 9.17) is 0 Å². The second-order valence-electron chi connectivity index (χ2n) is 4.57. The first kappa shape index (κ1) is 14.3. The van der Waals surface area contributed by atoms with E-state index >= 15 is 0 Å². The Balaban J connectivity index is 2.20. The van der Waals surface area contributed by atoms with Gasteiger partial charge in [-0.1, -0.05) is 30.3 Å². The predicted octanol–water partition coefficient (Wildman–Crippen LogP) is 1.32. The van der Waals surface area contributed by atoms with Gasteiger partial charge >= 0.3 is 0 Å². The van der Waals surface area contributed by atoms with Crippen molar-refractivity contribution in [1.29, 1.82) is 0 Å². The van der Waals surface area contributed by atoms with Gasteiger partial charge in [-0.25, -0.2) is 8.42 Å². The number of carbonyl (C=O) groups is 1. The highest BCUT2D eigenvalue weighted by molar-refractivity contribution is 7.90. The fourth-order valence-corrected chi connectivity index (χ4v) is 2.36. The third kappa shape index (κ3) is 3.27. The fraction of sp³-hybridized carbons (Fsp3) is 0.214. The van der Waals surface area contributed by atoms with Crippen molar-refractivity contribution in [3.8, 4) is 5.75 Å². The van der Waals surface area contributed by atoms with Gasteiger partial charge in [0.1, 0.15) is 15.6 Å². The Kier molecular flexibility index (Phi) is 3.94. The van der Waals surface area contributed by atoms with E-state index in [2.05, 4.69) is 5.32 Å². The molecule has 0 atom stereocenters. The number of nitrogens with one attached hydrogen (secondary N) is 1. The Morgan fingerprint density at radius 3 is 2.60 bits per heavy atom. The van der Waals surface area contributed by atoms with E-state index in [1.165, 1.54) is 6.07 Å². The van der Waals surface area contributed by atoms with Gasteiger partial charge in [0.05, 0.1) is 11.3 Å². The van der Waals surface area contributed by atoms with Gasteiger partial charge < -0.3 is 10.4 Å². The highest BCUT2D eigenvalue weighted by atomic mass is 32.2. The van der Waals surface area contributed by atoms with E-state index in [-0.39, 0.29) is 23.6 Å². The van der Waals surface area contributed by atoms with Crippen molar-refractivity contribution in [1.82, 2.24) is 5.32 Å². The molecule has 2 aromatic carbocycles. The van der Waals surface area contributed by atoms with Crippen LogP contribution in [-0.4, -0.2) is 38.0 Å². The summed E-state index contributed by atoms with van der Waals surface area (Å²) in [5, 5.41) is 14.0. The quantitative estimate of drug-likeness (QED) is 0.890. The molecule has 2 aromatic rings. The number of carbonyl (C=O) groups excluding carboxylic acids is 1. The zero-order chi connectivity index (χ0) is 14.8. The van der Waals surface area contributed by atoms with Crippen LogP contribution in [0.3, 0.4) is 0 Å². The summed E-state index contributed by atoms with van der Waals surface area (Å²) >= 11 is 0. The molecule has 2 N–H and O–H groups in total. The number of phenolic OH excluding ortho intramolecular Hbond substituents is 1. The molecule has 0 aliphatic heterocycles. The Labute approximate surface area is 117 Å². The van der Waals surface area contributed by atoms with Crippen LogP contribution in [-0.2, 0) is 9.84 Å². The van der Waals surface area contributed by atoms with Crippen LogP contribution < -0.4 is 5.32 Å². The summed E-state index contributed by atoms with van der Waals surface area (Å²) < 4.78 is 22.0. The molecular formula is C14H15NO4S. The Morgan fingerprint density at radius 2 is 1.90 bits per heavy atom. The number of aromatic hydroxyl groups is 1. The van der Waals surface area contributed by atoms with Crippen LogP contribution in [0.1, 0.15) is 10.4 Å². The zero-order valence-corrected chi connectivity index (χ0v) is 11.8. The first-order chi connectivity index (χ1) is 9.38. The highest BCUT2D eigenvalue weighted by Gasteiger charge is 2.13. The molecule has 0 unspecified atom stereocenters. The zero-order valence-electron chi connectivity index (χ0n) is 11.0. The number of hydrogen-bond donors (Lipinski definition) is 2. The second kappa shape index (κ2) is 5.50. The number of sulfone groups is 1. The van der Waals surface area contributed by atoms with Gasteiger partial charge in [-0.05, 0) is 11.5 Å². The largest absolute Gasteiger partial charge is 0.506 e. The highest BCUT2D eigenvalue weighted by Crippen LogP contribution is 2.28. The number of benzene rings is 2. The molecule has 2 rings (SSSR count). The van der Waals surface area contributed by atoms with Gasteiger partial charge in [0.15, 0.2) is 0 Å². The Bertz CT molecular complexity index is 753. The maximum Gasteiger partial charge on any atom is 0.255 e. The Morgan fingerprint density at radius 1 is 1.20 bits per heavy atom. The molecule has 0 aliphatic rings. The van der Waals surface area contributed by atoms with Gasteiger partial charge in [-0.15, -0.1) is 0 Å². The van der Waals surface area contributed by atoms with Gasteiger partial charge in [0.2, 0.25) is 0 Å². The van der Waals surface area contributed by atoms with Crippen LogP contribution in [0.2, 0.25) is 0 Å². The summed E-state index contributed by atoms with van der Waals surface area (Å²) in [6, 6.07) is 10.4. The summed E-state index contributed by atoms with van der Waals surface area (Å²) in [5.41, 5.74) is 0.136. The number of amides is 1. The van der Waals surface area contributed by atoms with E-state index < -0.39 is 15.7 Å². The minimum atomic E-state index is -3.12. The second-order valence-corrected chi connectivity index (χ2v) is 6.83. The normalized spacial score (nSPS) is 11.4. The van der Waals surface area contributed by atoms with Gasteiger partial charge in [0.25, 0.3) is 5.91 Å². The summed E-state index contributed by atoms with van der Waals surface area (Å²) in [6.07, 6.45) is 1.10. The molecule has 0 aliphatic carbocycles. The minimum Gasteiger partial charge on any atom is -0.506 e. The number of hydrogen-bond acceptors (Lipinski definition) is 4. The summed E-state index contributed by atoms with van der Waals surface area (Å²) in [7, 11) is -3.12. The summed E-state index contributed by atoms with van der Waals surface area (Å²) in [5.74, 6) is -0.718. The van der Waals surface area contributed by atoms with Crippen LogP contribution in [0.4, 0.5) is 0 Å². The lowest BCUT2D eigenvalue weighted by Crippen LogP contribution is -2.28. The maximum absolute atomic E-state index is 11.9. The molecule has 0 heterocycles. The van der Waals surface area contributed by atoms with Crippen molar-refractivity contribution in [2.45, 2.75) is 0 Å². The molecule has 6 heteroatoms. The smallest absolute Gasteiger partial charge is 0.255 e. The van der Waals surface area contributed by atoms with E-state index in [0.717, 1.165) is 11.6 Å². The molecule has 106 valence electrons. The molecule has 0 radical (unpaired) electrons. The molecule has 0 saturated carbocycles. The van der Waals surface area contributed by atoms with Crippen molar-refractivity contribution >= 4 is 26.5 Å². The molecule has 1 amide bonds. The van der Waals surface area contributed by atoms with Crippen LogP contribution >= 0.6 is 0 Å². The molecule has 5 nitrogen and oxygen atoms in total. The average Bonchev–Trinajstić information content (AvgIpc) is 2.38. The molecule has 0 spiro atoms. The number of rotatable bonds is 4. The number of fused-ring (bicyclic) bond motifs is 1. The first-order valence-corrected chi connectivity index (χ1v) is 8.11. The van der Waals surface area contributed by atoms with Crippen molar-refractivity contribution in [3.05, 3.63) is 42.0 Å².